The Kier molecular flexibility index (Phi) is 3.35. The van der Waals surface area contributed by atoms with Crippen molar-refractivity contribution in [2.24, 2.45) is 5.41 Å². The van der Waals surface area contributed by atoms with E-state index < -0.39 is 6.10 Å². The summed E-state index contributed by atoms with van der Waals surface area (Å²) in [6, 6.07) is 0.574. The van der Waals surface area contributed by atoms with Crippen LogP contribution in [0, 0.1) is 5.41 Å². The SMILES string of the molecule is CC(C)(CC1CN1)C(O)COCl. The molecule has 0 aromatic carbocycles. The normalized spacial score (nSPS) is 25.5. The molecule has 0 bridgehead atoms. The van der Waals surface area contributed by atoms with Crippen molar-refractivity contribution in [1.82, 2.24) is 5.32 Å². The lowest BCUT2D eigenvalue weighted by Crippen LogP contribution is -2.34. The summed E-state index contributed by atoms with van der Waals surface area (Å²) in [6.45, 7) is 5.31. The molecule has 12 heavy (non-hydrogen) atoms. The molecule has 1 rings (SSSR count). The van der Waals surface area contributed by atoms with E-state index in [-0.39, 0.29) is 12.0 Å². The highest BCUT2D eigenvalue weighted by atomic mass is 35.5. The molecule has 72 valence electrons. The molecule has 0 aliphatic carbocycles. The summed E-state index contributed by atoms with van der Waals surface area (Å²) < 4.78 is 4.39. The van der Waals surface area contributed by atoms with E-state index in [9.17, 15) is 5.11 Å². The second-order valence-corrected chi connectivity index (χ2v) is 4.31. The molecule has 2 atom stereocenters. The molecule has 2 unspecified atom stereocenters. The fourth-order valence-corrected chi connectivity index (χ4v) is 1.40. The molecule has 1 aliphatic rings. The van der Waals surface area contributed by atoms with Crippen molar-refractivity contribution in [1.29, 1.82) is 0 Å². The molecule has 0 spiro atoms. The fourth-order valence-electron chi connectivity index (χ4n) is 1.28. The van der Waals surface area contributed by atoms with E-state index in [1.54, 1.807) is 0 Å². The Bertz CT molecular complexity index is 148. The van der Waals surface area contributed by atoms with Crippen LogP contribution in [0.2, 0.25) is 0 Å². The Balaban J connectivity index is 2.32. The molecule has 0 radical (unpaired) electrons. The first-order chi connectivity index (χ1) is 5.56. The van der Waals surface area contributed by atoms with Gasteiger partial charge in [0.2, 0.25) is 0 Å². The van der Waals surface area contributed by atoms with Gasteiger partial charge in [0, 0.05) is 12.6 Å². The number of rotatable bonds is 5. The average Bonchev–Trinajstić information content (AvgIpc) is 2.71. The number of aliphatic hydroxyl groups is 1. The molecule has 3 nitrogen and oxygen atoms in total. The van der Waals surface area contributed by atoms with Crippen molar-refractivity contribution in [3.8, 4) is 0 Å². The van der Waals surface area contributed by atoms with Crippen molar-refractivity contribution < 1.29 is 9.40 Å². The Morgan fingerprint density at radius 3 is 2.75 bits per heavy atom. The standard InChI is InChI=1S/C8H16ClNO2/c1-8(2,3-6-4-10-6)7(11)5-12-9/h6-7,10-11H,3-5H2,1-2H3. The highest BCUT2D eigenvalue weighted by Gasteiger charge is 2.34. The van der Waals surface area contributed by atoms with Crippen LogP contribution in [0.15, 0.2) is 0 Å². The van der Waals surface area contributed by atoms with Crippen LogP contribution in [0.25, 0.3) is 0 Å². The summed E-state index contributed by atoms with van der Waals surface area (Å²) >= 11 is 5.08. The zero-order valence-electron chi connectivity index (χ0n) is 7.51. The topological polar surface area (TPSA) is 51.4 Å². The molecule has 0 aromatic rings. The molecule has 0 aromatic heterocycles. The highest BCUT2D eigenvalue weighted by Crippen LogP contribution is 2.29. The summed E-state index contributed by atoms with van der Waals surface area (Å²) in [7, 11) is 0. The molecular weight excluding hydrogens is 178 g/mol. The van der Waals surface area contributed by atoms with Crippen LogP contribution < -0.4 is 5.32 Å². The third-order valence-corrected chi connectivity index (χ3v) is 2.51. The van der Waals surface area contributed by atoms with Crippen LogP contribution in [0.3, 0.4) is 0 Å². The van der Waals surface area contributed by atoms with Gasteiger partial charge in [-0.25, -0.2) is 0 Å². The Hall–Kier alpha value is 0.170. The van der Waals surface area contributed by atoms with Gasteiger partial charge in [0.1, 0.15) is 0 Å². The first-order valence-electron chi connectivity index (χ1n) is 4.21. The lowest BCUT2D eigenvalue weighted by atomic mass is 9.82. The zero-order valence-corrected chi connectivity index (χ0v) is 8.27. The summed E-state index contributed by atoms with van der Waals surface area (Å²) in [5.41, 5.74) is -0.122. The molecule has 4 heteroatoms. The zero-order chi connectivity index (χ0) is 9.19. The van der Waals surface area contributed by atoms with Crippen molar-refractivity contribution in [3.63, 3.8) is 0 Å². The van der Waals surface area contributed by atoms with Crippen molar-refractivity contribution >= 4 is 11.9 Å². The third-order valence-electron chi connectivity index (χ3n) is 2.39. The number of hydrogen-bond donors (Lipinski definition) is 2. The monoisotopic (exact) mass is 193 g/mol. The molecular formula is C8H16ClNO2. The first kappa shape index (κ1) is 10.3. The third kappa shape index (κ3) is 2.90. The van der Waals surface area contributed by atoms with Gasteiger partial charge in [-0.1, -0.05) is 13.8 Å². The summed E-state index contributed by atoms with van der Waals surface area (Å²) in [4.78, 5) is 0. The molecule has 0 saturated carbocycles. The van der Waals surface area contributed by atoms with E-state index in [0.717, 1.165) is 13.0 Å². The Morgan fingerprint density at radius 2 is 2.33 bits per heavy atom. The molecule has 1 heterocycles. The molecule has 2 N–H and O–H groups in total. The smallest absolute Gasteiger partial charge is 0.0947 e. The maximum atomic E-state index is 9.62. The van der Waals surface area contributed by atoms with E-state index >= 15 is 0 Å². The number of nitrogens with one attached hydrogen (secondary N) is 1. The van der Waals surface area contributed by atoms with Crippen LogP contribution in [-0.4, -0.2) is 30.4 Å². The van der Waals surface area contributed by atoms with E-state index in [1.165, 1.54) is 0 Å². The van der Waals surface area contributed by atoms with Crippen LogP contribution in [0.5, 0.6) is 0 Å². The minimum absolute atomic E-state index is 0.122. The average molecular weight is 194 g/mol. The van der Waals surface area contributed by atoms with Gasteiger partial charge in [0.05, 0.1) is 24.6 Å². The van der Waals surface area contributed by atoms with Crippen molar-refractivity contribution in [2.75, 3.05) is 13.2 Å². The molecule has 1 aliphatic heterocycles. The second-order valence-electron chi connectivity index (χ2n) is 4.09. The van der Waals surface area contributed by atoms with Crippen LogP contribution in [0.4, 0.5) is 0 Å². The van der Waals surface area contributed by atoms with Gasteiger partial charge in [0.15, 0.2) is 0 Å². The van der Waals surface area contributed by atoms with Gasteiger partial charge in [-0.05, 0) is 11.8 Å². The summed E-state index contributed by atoms with van der Waals surface area (Å²) in [5, 5.41) is 12.8. The molecule has 1 saturated heterocycles. The molecule has 1 fully saturated rings. The van der Waals surface area contributed by atoms with Crippen molar-refractivity contribution in [3.05, 3.63) is 0 Å². The predicted octanol–water partition coefficient (Wildman–Crippen LogP) is 0.906. The second kappa shape index (κ2) is 3.92. The summed E-state index contributed by atoms with van der Waals surface area (Å²) in [6.07, 6.45) is 0.478. The van der Waals surface area contributed by atoms with Gasteiger partial charge in [0.25, 0.3) is 0 Å². The number of aliphatic hydroxyl groups excluding tert-OH is 1. The van der Waals surface area contributed by atoms with Gasteiger partial charge in [-0.3, -0.25) is 4.29 Å². The fraction of sp³-hybridized carbons (Fsp3) is 1.00. The van der Waals surface area contributed by atoms with E-state index in [2.05, 4.69) is 9.61 Å². The van der Waals surface area contributed by atoms with Crippen LogP contribution in [0.1, 0.15) is 20.3 Å². The first-order valence-corrected chi connectivity index (χ1v) is 4.52. The lowest BCUT2D eigenvalue weighted by molar-refractivity contribution is 0.00950. The quantitative estimate of drug-likeness (QED) is 0.639. The minimum Gasteiger partial charge on any atom is -0.390 e. The van der Waals surface area contributed by atoms with E-state index in [1.807, 2.05) is 13.8 Å². The van der Waals surface area contributed by atoms with Gasteiger partial charge >= 0.3 is 0 Å². The van der Waals surface area contributed by atoms with E-state index in [4.69, 9.17) is 11.9 Å². The van der Waals surface area contributed by atoms with Gasteiger partial charge in [-0.15, -0.1) is 0 Å². The maximum absolute atomic E-state index is 9.62. The Labute approximate surface area is 78.2 Å². The molecule has 0 amide bonds. The van der Waals surface area contributed by atoms with Crippen LogP contribution in [-0.2, 0) is 4.29 Å². The number of hydrogen-bond acceptors (Lipinski definition) is 3. The van der Waals surface area contributed by atoms with Crippen molar-refractivity contribution in [2.45, 2.75) is 32.4 Å². The number of halogens is 1. The largest absolute Gasteiger partial charge is 0.390 e. The lowest BCUT2D eigenvalue weighted by Gasteiger charge is -2.29. The van der Waals surface area contributed by atoms with Crippen LogP contribution >= 0.6 is 11.9 Å². The Morgan fingerprint density at radius 1 is 1.75 bits per heavy atom. The van der Waals surface area contributed by atoms with Gasteiger partial charge < -0.3 is 10.4 Å². The van der Waals surface area contributed by atoms with Gasteiger partial charge in [-0.2, -0.15) is 0 Å². The van der Waals surface area contributed by atoms with E-state index in [0.29, 0.717) is 6.04 Å². The summed E-state index contributed by atoms with van der Waals surface area (Å²) in [5.74, 6) is 0. The maximum Gasteiger partial charge on any atom is 0.0947 e. The predicted molar refractivity (Wildman–Crippen MR) is 48.0 cm³/mol. The highest BCUT2D eigenvalue weighted by molar-refractivity contribution is 6.07. The minimum atomic E-state index is -0.489.